The van der Waals surface area contributed by atoms with Gasteiger partial charge in [0.15, 0.2) is 6.10 Å². The van der Waals surface area contributed by atoms with E-state index < -0.39 is 18.0 Å². The van der Waals surface area contributed by atoms with Crippen molar-refractivity contribution in [3.8, 4) is 0 Å². The van der Waals surface area contributed by atoms with Crippen LogP contribution in [-0.2, 0) is 14.3 Å². The number of amides is 2. The van der Waals surface area contributed by atoms with Crippen molar-refractivity contribution in [3.05, 3.63) is 58.1 Å². The average molecular weight is 415 g/mol. The summed E-state index contributed by atoms with van der Waals surface area (Å²) in [7, 11) is 0. The Morgan fingerprint density at radius 2 is 1.93 bits per heavy atom. The molecule has 0 radical (unpaired) electrons. The minimum absolute atomic E-state index is 0.0290. The summed E-state index contributed by atoms with van der Waals surface area (Å²) in [6, 6.07) is 10.3. The Balaban J connectivity index is 1.69. The van der Waals surface area contributed by atoms with Gasteiger partial charge in [0.2, 0.25) is 5.91 Å². The lowest BCUT2D eigenvalue weighted by atomic mass is 10.1. The number of hydrogen-bond donors (Lipinski definition) is 1. The van der Waals surface area contributed by atoms with E-state index in [9.17, 15) is 14.4 Å². The number of hydrogen-bond acceptors (Lipinski definition) is 4. The number of nitrogens with zero attached hydrogens (tertiary/aromatic N) is 1. The van der Waals surface area contributed by atoms with Crippen molar-refractivity contribution >= 4 is 40.8 Å². The van der Waals surface area contributed by atoms with E-state index >= 15 is 0 Å². The second-order valence-electron chi connectivity index (χ2n) is 7.17. The molecule has 1 atom stereocenters. The topological polar surface area (TPSA) is 75.7 Å². The molecule has 152 valence electrons. The van der Waals surface area contributed by atoms with Gasteiger partial charge >= 0.3 is 5.97 Å². The van der Waals surface area contributed by atoms with Crippen LogP contribution in [0, 0.1) is 13.8 Å². The summed E-state index contributed by atoms with van der Waals surface area (Å²) in [5, 5.41) is 3.16. The number of anilines is 2. The van der Waals surface area contributed by atoms with Crippen LogP contribution >= 0.6 is 11.6 Å². The first-order valence-electron chi connectivity index (χ1n) is 9.45. The van der Waals surface area contributed by atoms with Crippen LogP contribution < -0.4 is 10.2 Å². The fraction of sp³-hybridized carbons (Fsp3) is 0.318. The van der Waals surface area contributed by atoms with Crippen molar-refractivity contribution < 1.29 is 19.1 Å². The number of benzene rings is 2. The Hall–Kier alpha value is -2.86. The average Bonchev–Trinajstić information content (AvgIpc) is 3.09. The van der Waals surface area contributed by atoms with E-state index in [2.05, 4.69) is 5.32 Å². The lowest BCUT2D eigenvalue weighted by molar-refractivity contribution is -0.123. The zero-order valence-electron chi connectivity index (χ0n) is 16.6. The molecule has 1 saturated heterocycles. The van der Waals surface area contributed by atoms with E-state index in [0.29, 0.717) is 29.4 Å². The largest absolute Gasteiger partial charge is 0.449 e. The van der Waals surface area contributed by atoms with E-state index in [1.54, 1.807) is 11.0 Å². The maximum Gasteiger partial charge on any atom is 0.338 e. The quantitative estimate of drug-likeness (QED) is 0.741. The van der Waals surface area contributed by atoms with Gasteiger partial charge in [-0.05, 0) is 57.0 Å². The molecule has 7 heteroatoms. The highest BCUT2D eigenvalue weighted by Gasteiger charge is 2.26. The molecule has 0 aromatic heterocycles. The van der Waals surface area contributed by atoms with Crippen LogP contribution in [0.25, 0.3) is 0 Å². The summed E-state index contributed by atoms with van der Waals surface area (Å²) in [6.07, 6.45) is 0.218. The predicted octanol–water partition coefficient (Wildman–Crippen LogP) is 4.27. The molecular formula is C22H23ClN2O4. The minimum Gasteiger partial charge on any atom is -0.449 e. The summed E-state index contributed by atoms with van der Waals surface area (Å²) < 4.78 is 5.32. The third kappa shape index (κ3) is 4.77. The molecule has 0 aliphatic carbocycles. The predicted molar refractivity (Wildman–Crippen MR) is 112 cm³/mol. The molecule has 2 amide bonds. The second kappa shape index (κ2) is 8.66. The number of carbonyl (C=O) groups is 3. The van der Waals surface area contributed by atoms with E-state index in [-0.39, 0.29) is 11.5 Å². The summed E-state index contributed by atoms with van der Waals surface area (Å²) in [5.74, 6) is -1.11. The van der Waals surface area contributed by atoms with Crippen molar-refractivity contribution in [2.75, 3.05) is 16.8 Å². The Labute approximate surface area is 174 Å². The molecule has 2 aromatic carbocycles. The zero-order valence-corrected chi connectivity index (χ0v) is 17.4. The monoisotopic (exact) mass is 414 g/mol. The maximum atomic E-state index is 12.5. The molecule has 1 fully saturated rings. The van der Waals surface area contributed by atoms with Gasteiger partial charge in [0.25, 0.3) is 5.91 Å². The van der Waals surface area contributed by atoms with Gasteiger partial charge in [-0.25, -0.2) is 4.79 Å². The Kier molecular flexibility index (Phi) is 6.23. The van der Waals surface area contributed by atoms with Crippen molar-refractivity contribution in [1.29, 1.82) is 0 Å². The Bertz CT molecular complexity index is 973. The summed E-state index contributed by atoms with van der Waals surface area (Å²) in [5.41, 5.74) is 3.40. The van der Waals surface area contributed by atoms with E-state index in [0.717, 1.165) is 17.5 Å². The van der Waals surface area contributed by atoms with Crippen molar-refractivity contribution in [2.45, 2.75) is 39.7 Å². The highest BCUT2D eigenvalue weighted by molar-refractivity contribution is 6.34. The van der Waals surface area contributed by atoms with Crippen molar-refractivity contribution in [2.24, 2.45) is 0 Å². The number of rotatable bonds is 5. The molecule has 0 bridgehead atoms. The van der Waals surface area contributed by atoms with Gasteiger partial charge in [0, 0.05) is 18.7 Å². The fourth-order valence-electron chi connectivity index (χ4n) is 3.22. The van der Waals surface area contributed by atoms with E-state index in [1.165, 1.54) is 19.1 Å². The van der Waals surface area contributed by atoms with Gasteiger partial charge in [0.05, 0.1) is 16.3 Å². The lowest BCUT2D eigenvalue weighted by Gasteiger charge is -2.19. The molecule has 1 aliphatic rings. The van der Waals surface area contributed by atoms with Crippen molar-refractivity contribution in [1.82, 2.24) is 0 Å². The standard InChI is InChI=1S/C22H23ClN2O4/c1-13-6-9-18(14(2)11-13)24-21(27)15(3)29-22(28)16-7-8-17(23)19(12-16)25-10-4-5-20(25)26/h6-9,11-12,15H,4-5,10H2,1-3H3,(H,24,27)/t15-/m0/s1. The first kappa shape index (κ1) is 20.9. The maximum absolute atomic E-state index is 12.5. The first-order chi connectivity index (χ1) is 13.8. The SMILES string of the molecule is Cc1ccc(NC(=O)[C@H](C)OC(=O)c2ccc(Cl)c(N3CCCC3=O)c2)c(C)c1. The van der Waals surface area contributed by atoms with Gasteiger partial charge in [-0.15, -0.1) is 0 Å². The molecule has 0 spiro atoms. The molecule has 1 N–H and O–H groups in total. The fourth-order valence-corrected chi connectivity index (χ4v) is 3.44. The third-order valence-corrected chi connectivity index (χ3v) is 5.16. The Morgan fingerprint density at radius 1 is 1.17 bits per heavy atom. The molecular weight excluding hydrogens is 392 g/mol. The second-order valence-corrected chi connectivity index (χ2v) is 7.58. The molecule has 1 aliphatic heterocycles. The van der Waals surface area contributed by atoms with E-state index in [4.69, 9.17) is 16.3 Å². The van der Waals surface area contributed by atoms with Crippen LogP contribution in [0.1, 0.15) is 41.3 Å². The van der Waals surface area contributed by atoms with Gasteiger partial charge < -0.3 is 15.0 Å². The van der Waals surface area contributed by atoms with Crippen LogP contribution in [0.4, 0.5) is 11.4 Å². The van der Waals surface area contributed by atoms with Gasteiger partial charge in [-0.3, -0.25) is 9.59 Å². The normalized spacial score (nSPS) is 14.6. The molecule has 3 rings (SSSR count). The zero-order chi connectivity index (χ0) is 21.1. The van der Waals surface area contributed by atoms with Crippen LogP contribution in [-0.4, -0.2) is 30.4 Å². The minimum atomic E-state index is -0.990. The number of aryl methyl sites for hydroxylation is 2. The molecule has 0 unspecified atom stereocenters. The smallest absolute Gasteiger partial charge is 0.338 e. The van der Waals surface area contributed by atoms with E-state index in [1.807, 2.05) is 32.0 Å². The van der Waals surface area contributed by atoms with Crippen LogP contribution in [0.15, 0.2) is 36.4 Å². The highest BCUT2D eigenvalue weighted by Crippen LogP contribution is 2.30. The first-order valence-corrected chi connectivity index (χ1v) is 9.83. The van der Waals surface area contributed by atoms with Gasteiger partial charge in [-0.2, -0.15) is 0 Å². The molecule has 1 heterocycles. The summed E-state index contributed by atoms with van der Waals surface area (Å²) in [4.78, 5) is 38.5. The number of ether oxygens (including phenoxy) is 1. The number of esters is 1. The van der Waals surface area contributed by atoms with Crippen molar-refractivity contribution in [3.63, 3.8) is 0 Å². The molecule has 2 aromatic rings. The molecule has 29 heavy (non-hydrogen) atoms. The van der Waals surface area contributed by atoms with Crippen LogP contribution in [0.5, 0.6) is 0 Å². The third-order valence-electron chi connectivity index (χ3n) is 4.84. The van der Waals surface area contributed by atoms with Gasteiger partial charge in [0.1, 0.15) is 0 Å². The number of halogens is 1. The Morgan fingerprint density at radius 3 is 2.59 bits per heavy atom. The molecule has 0 saturated carbocycles. The summed E-state index contributed by atoms with van der Waals surface area (Å²) >= 11 is 6.21. The number of nitrogens with one attached hydrogen (secondary N) is 1. The molecule has 6 nitrogen and oxygen atoms in total. The summed E-state index contributed by atoms with van der Waals surface area (Å²) in [6.45, 7) is 5.94. The number of carbonyl (C=O) groups excluding carboxylic acids is 3. The van der Waals surface area contributed by atoms with Crippen LogP contribution in [0.3, 0.4) is 0 Å². The lowest BCUT2D eigenvalue weighted by Crippen LogP contribution is -2.30. The van der Waals surface area contributed by atoms with Crippen LogP contribution in [0.2, 0.25) is 5.02 Å². The van der Waals surface area contributed by atoms with Gasteiger partial charge in [-0.1, -0.05) is 29.3 Å². The highest BCUT2D eigenvalue weighted by atomic mass is 35.5.